The second kappa shape index (κ2) is 7.25. The zero-order chi connectivity index (χ0) is 20.9. The van der Waals surface area contributed by atoms with Crippen molar-refractivity contribution in [1.29, 1.82) is 0 Å². The van der Waals surface area contributed by atoms with Gasteiger partial charge in [-0.05, 0) is 54.3 Å². The Morgan fingerprint density at radius 1 is 1.23 bits per heavy atom. The third-order valence-electron chi connectivity index (χ3n) is 6.49. The number of rotatable bonds is 4. The van der Waals surface area contributed by atoms with Gasteiger partial charge in [-0.25, -0.2) is 0 Å². The quantitative estimate of drug-likeness (QED) is 0.669. The summed E-state index contributed by atoms with van der Waals surface area (Å²) in [6.45, 7) is 5.79. The molecule has 0 radical (unpaired) electrons. The first kappa shape index (κ1) is 19.3. The number of hydrogen-bond acceptors (Lipinski definition) is 4. The lowest BCUT2D eigenvalue weighted by Crippen LogP contribution is -2.49. The molecule has 1 unspecified atom stereocenters. The number of hydrogen-bond donors (Lipinski definition) is 1. The molecule has 0 bridgehead atoms. The van der Waals surface area contributed by atoms with Crippen molar-refractivity contribution >= 4 is 22.9 Å². The number of aryl methyl sites for hydroxylation is 1. The molecule has 0 saturated carbocycles. The van der Waals surface area contributed by atoms with E-state index in [2.05, 4.69) is 65.8 Å². The minimum Gasteiger partial charge on any atom is -0.379 e. The average molecular weight is 421 g/mol. The number of benzene rings is 2. The molecule has 3 aromatic rings. The molecule has 154 valence electrons. The van der Waals surface area contributed by atoms with E-state index in [4.69, 9.17) is 16.3 Å². The topological polar surface area (TPSA) is 52.0 Å². The fourth-order valence-corrected chi connectivity index (χ4v) is 4.67. The van der Waals surface area contributed by atoms with Crippen LogP contribution >= 0.6 is 11.6 Å². The van der Waals surface area contributed by atoms with Gasteiger partial charge in [-0.15, -0.1) is 10.2 Å². The van der Waals surface area contributed by atoms with E-state index in [-0.39, 0.29) is 11.5 Å². The Morgan fingerprint density at radius 2 is 2.07 bits per heavy atom. The molecular formula is C24H25ClN4O. The van der Waals surface area contributed by atoms with E-state index in [1.807, 2.05) is 17.7 Å². The minimum atomic E-state index is -0.0685. The van der Waals surface area contributed by atoms with E-state index in [1.165, 1.54) is 22.3 Å². The van der Waals surface area contributed by atoms with Crippen molar-refractivity contribution in [1.82, 2.24) is 14.8 Å². The monoisotopic (exact) mass is 420 g/mol. The maximum atomic E-state index is 6.36. The zero-order valence-electron chi connectivity index (χ0n) is 17.4. The lowest BCUT2D eigenvalue weighted by Gasteiger charge is -2.42. The lowest BCUT2D eigenvalue weighted by molar-refractivity contribution is -0.0611. The van der Waals surface area contributed by atoms with Gasteiger partial charge in [0.25, 0.3) is 0 Å². The Kier molecular flexibility index (Phi) is 4.68. The predicted octanol–water partition coefficient (Wildman–Crippen LogP) is 4.62. The summed E-state index contributed by atoms with van der Waals surface area (Å²) in [7, 11) is 1.99. The molecule has 3 heterocycles. The fraction of sp³-hybridized carbons (Fsp3) is 0.333. The van der Waals surface area contributed by atoms with Crippen LogP contribution in [-0.4, -0.2) is 34.0 Å². The van der Waals surface area contributed by atoms with Crippen molar-refractivity contribution in [2.45, 2.75) is 31.7 Å². The molecule has 1 fully saturated rings. The third-order valence-corrected chi connectivity index (χ3v) is 6.72. The van der Waals surface area contributed by atoms with Crippen LogP contribution in [0, 0.1) is 0 Å². The van der Waals surface area contributed by atoms with E-state index >= 15 is 0 Å². The first-order chi connectivity index (χ1) is 14.5. The molecule has 5 rings (SSSR count). The summed E-state index contributed by atoms with van der Waals surface area (Å²) in [5.74, 6) is 0.978. The Hall–Kier alpha value is -2.63. The van der Waals surface area contributed by atoms with Gasteiger partial charge >= 0.3 is 0 Å². The van der Waals surface area contributed by atoms with Crippen molar-refractivity contribution < 1.29 is 4.74 Å². The smallest absolute Gasteiger partial charge is 0.133 e. The van der Waals surface area contributed by atoms with Gasteiger partial charge in [-0.2, -0.15) is 0 Å². The Morgan fingerprint density at radius 3 is 2.77 bits per heavy atom. The van der Waals surface area contributed by atoms with Crippen molar-refractivity contribution in [2.75, 3.05) is 18.5 Å². The standard InChI is InChI=1S/C24H25ClN4O/c1-15-16(2)27-21-8-7-19(25)10-20(21)23(15)17-5-4-6-18(9-17)24(12-30-13-24)11-22-28-26-14-29(22)3/h4-10,14,16,27H,11-13H2,1-3H3. The van der Waals surface area contributed by atoms with Crippen LogP contribution in [0.25, 0.3) is 5.57 Å². The van der Waals surface area contributed by atoms with E-state index in [0.717, 1.165) is 28.5 Å². The molecule has 1 aromatic heterocycles. The second-order valence-corrected chi connectivity index (χ2v) is 8.94. The molecule has 30 heavy (non-hydrogen) atoms. The lowest BCUT2D eigenvalue weighted by atomic mass is 9.74. The van der Waals surface area contributed by atoms with Gasteiger partial charge in [0.15, 0.2) is 0 Å². The Labute approximate surface area is 181 Å². The average Bonchev–Trinajstić information content (AvgIpc) is 3.10. The molecule has 0 spiro atoms. The number of aromatic nitrogens is 3. The van der Waals surface area contributed by atoms with Crippen molar-refractivity contribution in [3.05, 3.63) is 81.9 Å². The van der Waals surface area contributed by atoms with Crippen molar-refractivity contribution in [3.63, 3.8) is 0 Å². The van der Waals surface area contributed by atoms with Gasteiger partial charge in [-0.3, -0.25) is 0 Å². The van der Waals surface area contributed by atoms with Crippen molar-refractivity contribution in [2.24, 2.45) is 7.05 Å². The number of anilines is 1. The number of nitrogens with one attached hydrogen (secondary N) is 1. The molecule has 2 aliphatic heterocycles. The minimum absolute atomic E-state index is 0.0685. The maximum Gasteiger partial charge on any atom is 0.133 e. The zero-order valence-corrected chi connectivity index (χ0v) is 18.2. The summed E-state index contributed by atoms with van der Waals surface area (Å²) in [6, 6.07) is 15.2. The van der Waals surface area contributed by atoms with Gasteiger partial charge in [-0.1, -0.05) is 35.9 Å². The molecule has 1 saturated heterocycles. The summed E-state index contributed by atoms with van der Waals surface area (Å²) in [4.78, 5) is 0. The number of nitrogens with zero attached hydrogens (tertiary/aromatic N) is 3. The summed E-state index contributed by atoms with van der Waals surface area (Å²) in [5, 5.41) is 12.7. The molecule has 1 atom stereocenters. The highest BCUT2D eigenvalue weighted by atomic mass is 35.5. The van der Waals surface area contributed by atoms with E-state index in [0.29, 0.717) is 13.2 Å². The Balaban J connectivity index is 1.59. The highest BCUT2D eigenvalue weighted by Gasteiger charge is 2.42. The highest BCUT2D eigenvalue weighted by Crippen LogP contribution is 2.42. The van der Waals surface area contributed by atoms with E-state index < -0.39 is 0 Å². The maximum absolute atomic E-state index is 6.36. The number of fused-ring (bicyclic) bond motifs is 1. The number of ether oxygens (including phenoxy) is 1. The van der Waals surface area contributed by atoms with Crippen LogP contribution in [-0.2, 0) is 23.6 Å². The first-order valence-electron chi connectivity index (χ1n) is 10.3. The van der Waals surface area contributed by atoms with Gasteiger partial charge in [0.2, 0.25) is 0 Å². The van der Waals surface area contributed by atoms with Crippen LogP contribution in [0.15, 0.2) is 54.4 Å². The third kappa shape index (κ3) is 3.13. The van der Waals surface area contributed by atoms with Gasteiger partial charge in [0, 0.05) is 41.2 Å². The molecule has 2 aromatic carbocycles. The van der Waals surface area contributed by atoms with Crippen LogP contribution in [0.3, 0.4) is 0 Å². The second-order valence-electron chi connectivity index (χ2n) is 8.50. The molecule has 6 heteroatoms. The predicted molar refractivity (Wildman–Crippen MR) is 120 cm³/mol. The number of halogens is 1. The van der Waals surface area contributed by atoms with Crippen molar-refractivity contribution in [3.8, 4) is 0 Å². The molecule has 0 amide bonds. The summed E-state index contributed by atoms with van der Waals surface area (Å²) in [6.07, 6.45) is 2.57. The normalized spacial score (nSPS) is 19.8. The molecule has 5 nitrogen and oxygen atoms in total. The van der Waals surface area contributed by atoms with Crippen LogP contribution in [0.1, 0.15) is 36.4 Å². The van der Waals surface area contributed by atoms with Gasteiger partial charge in [0.1, 0.15) is 12.2 Å². The summed E-state index contributed by atoms with van der Waals surface area (Å²) >= 11 is 6.36. The largest absolute Gasteiger partial charge is 0.379 e. The highest BCUT2D eigenvalue weighted by molar-refractivity contribution is 6.31. The first-order valence-corrected chi connectivity index (χ1v) is 10.6. The van der Waals surface area contributed by atoms with Crippen LogP contribution in [0.4, 0.5) is 5.69 Å². The van der Waals surface area contributed by atoms with E-state index in [1.54, 1.807) is 6.33 Å². The molecule has 0 aliphatic carbocycles. The van der Waals surface area contributed by atoms with E-state index in [9.17, 15) is 0 Å². The molecule has 2 aliphatic rings. The van der Waals surface area contributed by atoms with Crippen LogP contribution in [0.2, 0.25) is 5.02 Å². The van der Waals surface area contributed by atoms with Crippen LogP contribution < -0.4 is 5.32 Å². The van der Waals surface area contributed by atoms with Gasteiger partial charge < -0.3 is 14.6 Å². The Bertz CT molecular complexity index is 1150. The molecular weight excluding hydrogens is 396 g/mol. The summed E-state index contributed by atoms with van der Waals surface area (Å²) in [5.41, 5.74) is 7.28. The molecule has 1 N–H and O–H groups in total. The summed E-state index contributed by atoms with van der Waals surface area (Å²) < 4.78 is 7.67. The SMILES string of the molecule is CC1=C(c2cccc(C3(Cc4nncn4C)COC3)c2)c2cc(Cl)ccc2NC1C. The van der Waals surface area contributed by atoms with Crippen LogP contribution in [0.5, 0.6) is 0 Å². The fourth-order valence-electron chi connectivity index (χ4n) is 4.50. The van der Waals surface area contributed by atoms with Gasteiger partial charge in [0.05, 0.1) is 13.2 Å².